The molecule has 0 aromatic carbocycles. The number of aromatic hydroxyl groups is 1. The first-order chi connectivity index (χ1) is 10.1. The van der Waals surface area contributed by atoms with Crippen LogP contribution in [0.5, 0.6) is 5.75 Å². The molecule has 2 aromatic rings. The molecule has 1 fully saturated rings. The van der Waals surface area contributed by atoms with Crippen LogP contribution in [0.3, 0.4) is 0 Å². The van der Waals surface area contributed by atoms with E-state index in [9.17, 15) is 9.90 Å². The molecule has 3 N–H and O–H groups in total. The molecule has 22 heavy (non-hydrogen) atoms. The van der Waals surface area contributed by atoms with E-state index in [0.717, 1.165) is 12.1 Å². The number of anilines is 1. The molecule has 3 rings (SSSR count). The van der Waals surface area contributed by atoms with E-state index in [1.165, 1.54) is 12.3 Å². The van der Waals surface area contributed by atoms with Crippen molar-refractivity contribution in [3.63, 3.8) is 0 Å². The third-order valence-corrected chi connectivity index (χ3v) is 3.73. The minimum Gasteiger partial charge on any atom is -0.504 e. The number of halogens is 1. The first-order valence-corrected chi connectivity index (χ1v) is 6.79. The molecule has 2 aromatic heterocycles. The molecule has 0 saturated carbocycles. The fourth-order valence-corrected chi connectivity index (χ4v) is 2.64. The normalized spacial score (nSPS) is 20.4. The zero-order valence-corrected chi connectivity index (χ0v) is 12.9. The van der Waals surface area contributed by atoms with Gasteiger partial charge in [0.2, 0.25) is 5.91 Å². The number of hydrogen-bond donors (Lipinski definition) is 3. The predicted octanol–water partition coefficient (Wildman–Crippen LogP) is 0.884. The van der Waals surface area contributed by atoms with Gasteiger partial charge in [-0.2, -0.15) is 5.10 Å². The van der Waals surface area contributed by atoms with Gasteiger partial charge in [0.25, 0.3) is 0 Å². The number of hydrogen-bond acceptors (Lipinski definition) is 5. The molecule has 0 radical (unpaired) electrons. The van der Waals surface area contributed by atoms with Gasteiger partial charge >= 0.3 is 0 Å². The van der Waals surface area contributed by atoms with Crippen LogP contribution in [0.15, 0.2) is 30.7 Å². The molecule has 0 unspecified atom stereocenters. The lowest BCUT2D eigenvalue weighted by Crippen LogP contribution is -2.28. The highest BCUT2D eigenvalue weighted by molar-refractivity contribution is 5.93. The summed E-state index contributed by atoms with van der Waals surface area (Å²) < 4.78 is 1.73. The Morgan fingerprint density at radius 2 is 2.32 bits per heavy atom. The van der Waals surface area contributed by atoms with Crippen molar-refractivity contribution in [3.8, 4) is 5.75 Å². The molecule has 8 heteroatoms. The summed E-state index contributed by atoms with van der Waals surface area (Å²) in [4.78, 5) is 16.4. The summed E-state index contributed by atoms with van der Waals surface area (Å²) in [5, 5.41) is 19.8. The number of pyridine rings is 1. The lowest BCUT2D eigenvalue weighted by molar-refractivity contribution is -0.119. The Morgan fingerprint density at radius 1 is 1.50 bits per heavy atom. The van der Waals surface area contributed by atoms with Crippen LogP contribution < -0.4 is 10.6 Å². The van der Waals surface area contributed by atoms with Crippen molar-refractivity contribution in [1.29, 1.82) is 0 Å². The van der Waals surface area contributed by atoms with Crippen LogP contribution in [0.4, 0.5) is 5.82 Å². The van der Waals surface area contributed by atoms with Crippen molar-refractivity contribution < 1.29 is 9.90 Å². The van der Waals surface area contributed by atoms with Crippen LogP contribution in [0.2, 0.25) is 0 Å². The van der Waals surface area contributed by atoms with E-state index in [2.05, 4.69) is 20.7 Å². The van der Waals surface area contributed by atoms with Crippen molar-refractivity contribution in [3.05, 3.63) is 36.3 Å². The average Bonchev–Trinajstić information content (AvgIpc) is 3.09. The molecule has 3 heterocycles. The zero-order valence-electron chi connectivity index (χ0n) is 12.1. The predicted molar refractivity (Wildman–Crippen MR) is 84.1 cm³/mol. The molecular weight excluding hydrogens is 306 g/mol. The Kier molecular flexibility index (Phi) is 4.99. The second-order valence-corrected chi connectivity index (χ2v) is 5.18. The van der Waals surface area contributed by atoms with E-state index in [0.29, 0.717) is 6.54 Å². The number of amides is 1. The molecular formula is C14H18ClN5O2. The third-order valence-electron chi connectivity index (χ3n) is 3.73. The number of carbonyl (C=O) groups is 1. The molecule has 7 nitrogen and oxygen atoms in total. The summed E-state index contributed by atoms with van der Waals surface area (Å²) >= 11 is 0. The van der Waals surface area contributed by atoms with Gasteiger partial charge in [0.1, 0.15) is 0 Å². The molecule has 1 amide bonds. The van der Waals surface area contributed by atoms with Gasteiger partial charge in [-0.3, -0.25) is 9.48 Å². The van der Waals surface area contributed by atoms with Gasteiger partial charge < -0.3 is 15.7 Å². The first-order valence-electron chi connectivity index (χ1n) is 6.79. The van der Waals surface area contributed by atoms with Gasteiger partial charge in [0.05, 0.1) is 12.1 Å². The highest BCUT2D eigenvalue weighted by Gasteiger charge is 2.35. The average molecular weight is 324 g/mol. The standard InChI is InChI=1S/C14H17N5O2.ClH/c1-19-8-9(5-17-19)10-6-15-7-11(10)14(21)18-13-12(20)3-2-4-16-13;/h2-5,8,10-11,15,20H,6-7H2,1H3,(H,16,18,21);1H/t10-,11+;/m1./s1. The van der Waals surface area contributed by atoms with Gasteiger partial charge in [0, 0.05) is 38.4 Å². The van der Waals surface area contributed by atoms with Crippen molar-refractivity contribution >= 4 is 24.1 Å². The van der Waals surface area contributed by atoms with Crippen molar-refractivity contribution in [2.75, 3.05) is 18.4 Å². The fraction of sp³-hybridized carbons (Fsp3) is 0.357. The van der Waals surface area contributed by atoms with Crippen LogP contribution in [0.1, 0.15) is 11.5 Å². The number of rotatable bonds is 3. The van der Waals surface area contributed by atoms with Crippen molar-refractivity contribution in [2.24, 2.45) is 13.0 Å². The van der Waals surface area contributed by atoms with Gasteiger partial charge in [-0.15, -0.1) is 12.4 Å². The van der Waals surface area contributed by atoms with Crippen LogP contribution >= 0.6 is 12.4 Å². The molecule has 2 atom stereocenters. The molecule has 118 valence electrons. The second-order valence-electron chi connectivity index (χ2n) is 5.18. The summed E-state index contributed by atoms with van der Waals surface area (Å²) in [6.45, 7) is 1.33. The highest BCUT2D eigenvalue weighted by atomic mass is 35.5. The lowest BCUT2D eigenvalue weighted by Gasteiger charge is -2.16. The SMILES string of the molecule is Cl.Cn1cc([C@H]2CNC[C@@H]2C(=O)Nc2ncccc2O)cn1. The summed E-state index contributed by atoms with van der Waals surface area (Å²) in [7, 11) is 1.85. The Hall–Kier alpha value is -2.12. The molecule has 0 aliphatic carbocycles. The van der Waals surface area contributed by atoms with Gasteiger partial charge in [0.15, 0.2) is 11.6 Å². The van der Waals surface area contributed by atoms with Crippen LogP contribution in [0, 0.1) is 5.92 Å². The van der Waals surface area contributed by atoms with Crippen LogP contribution in [-0.2, 0) is 11.8 Å². The first kappa shape index (κ1) is 16.3. The maximum absolute atomic E-state index is 12.4. The molecule has 1 aliphatic rings. The Balaban J connectivity index is 0.00000176. The quantitative estimate of drug-likeness (QED) is 0.780. The van der Waals surface area contributed by atoms with E-state index in [1.807, 2.05) is 13.2 Å². The molecule has 1 aliphatic heterocycles. The third kappa shape index (κ3) is 3.20. The minimum absolute atomic E-state index is 0. The Labute approximate surface area is 134 Å². The highest BCUT2D eigenvalue weighted by Crippen LogP contribution is 2.29. The minimum atomic E-state index is -0.212. The number of nitrogens with one attached hydrogen (secondary N) is 2. The van der Waals surface area contributed by atoms with E-state index in [1.54, 1.807) is 16.9 Å². The Bertz CT molecular complexity index is 660. The number of aryl methyl sites for hydroxylation is 1. The van der Waals surface area contributed by atoms with Crippen LogP contribution in [0.25, 0.3) is 0 Å². The zero-order chi connectivity index (χ0) is 14.8. The van der Waals surface area contributed by atoms with Crippen molar-refractivity contribution in [1.82, 2.24) is 20.1 Å². The molecule has 0 bridgehead atoms. The van der Waals surface area contributed by atoms with E-state index < -0.39 is 0 Å². The maximum Gasteiger partial charge on any atom is 0.230 e. The monoisotopic (exact) mass is 323 g/mol. The summed E-state index contributed by atoms with van der Waals surface area (Å²) in [5.41, 5.74) is 1.04. The maximum atomic E-state index is 12.4. The molecule has 0 spiro atoms. The second kappa shape index (κ2) is 6.76. The van der Waals surface area contributed by atoms with Crippen LogP contribution in [-0.4, -0.2) is 38.9 Å². The Morgan fingerprint density at radius 3 is 3.00 bits per heavy atom. The summed E-state index contributed by atoms with van der Waals surface area (Å²) in [6.07, 6.45) is 5.24. The smallest absolute Gasteiger partial charge is 0.230 e. The van der Waals surface area contributed by atoms with Gasteiger partial charge in [-0.25, -0.2) is 4.98 Å². The largest absolute Gasteiger partial charge is 0.504 e. The molecule has 1 saturated heterocycles. The van der Waals surface area contributed by atoms with Gasteiger partial charge in [-0.1, -0.05) is 0 Å². The topological polar surface area (TPSA) is 92.1 Å². The van der Waals surface area contributed by atoms with Gasteiger partial charge in [-0.05, 0) is 17.7 Å². The number of nitrogens with zero attached hydrogens (tertiary/aromatic N) is 3. The number of aromatic nitrogens is 3. The summed E-state index contributed by atoms with van der Waals surface area (Å²) in [6, 6.07) is 3.11. The summed E-state index contributed by atoms with van der Waals surface area (Å²) in [5.74, 6) is -0.128. The van der Waals surface area contributed by atoms with E-state index >= 15 is 0 Å². The fourth-order valence-electron chi connectivity index (χ4n) is 2.64. The van der Waals surface area contributed by atoms with E-state index in [4.69, 9.17) is 0 Å². The number of carbonyl (C=O) groups excluding carboxylic acids is 1. The van der Waals surface area contributed by atoms with E-state index in [-0.39, 0.29) is 41.7 Å². The van der Waals surface area contributed by atoms with Crippen molar-refractivity contribution in [2.45, 2.75) is 5.92 Å². The lowest BCUT2D eigenvalue weighted by atomic mass is 9.90.